The molecule has 0 aliphatic carbocycles. The smallest absolute Gasteiger partial charge is 0.376 e. The summed E-state index contributed by atoms with van der Waals surface area (Å²) in [5.41, 5.74) is 2.02. The lowest BCUT2D eigenvalue weighted by Gasteiger charge is -2.03. The molecule has 20 heavy (non-hydrogen) atoms. The highest BCUT2D eigenvalue weighted by Crippen LogP contribution is 2.21. The SMILES string of the molecule is Cc1ccc(NCc2nc(CCC(F)(F)F)no2)cc1. The minimum atomic E-state index is -4.21. The van der Waals surface area contributed by atoms with Crippen LogP contribution in [0.2, 0.25) is 0 Å². The molecule has 7 heteroatoms. The van der Waals surface area contributed by atoms with Gasteiger partial charge in [-0.1, -0.05) is 22.9 Å². The van der Waals surface area contributed by atoms with Gasteiger partial charge in [-0.3, -0.25) is 0 Å². The summed E-state index contributed by atoms with van der Waals surface area (Å²) >= 11 is 0. The molecule has 1 aromatic carbocycles. The first kappa shape index (κ1) is 14.4. The number of aryl methyl sites for hydroxylation is 2. The second-order valence-corrected chi connectivity index (χ2v) is 4.44. The average Bonchev–Trinajstić information content (AvgIpc) is 2.83. The zero-order chi connectivity index (χ0) is 14.6. The Morgan fingerprint density at radius 1 is 1.20 bits per heavy atom. The molecule has 0 saturated heterocycles. The zero-order valence-electron chi connectivity index (χ0n) is 10.9. The molecule has 0 spiro atoms. The second kappa shape index (κ2) is 5.94. The summed E-state index contributed by atoms with van der Waals surface area (Å²) in [4.78, 5) is 3.91. The monoisotopic (exact) mass is 285 g/mol. The van der Waals surface area contributed by atoms with Crippen molar-refractivity contribution in [3.63, 3.8) is 0 Å². The van der Waals surface area contributed by atoms with Crippen molar-refractivity contribution in [2.75, 3.05) is 5.32 Å². The van der Waals surface area contributed by atoms with Gasteiger partial charge in [0.05, 0.1) is 13.0 Å². The molecule has 1 heterocycles. The van der Waals surface area contributed by atoms with E-state index >= 15 is 0 Å². The van der Waals surface area contributed by atoms with Crippen LogP contribution in [0, 0.1) is 6.92 Å². The lowest BCUT2D eigenvalue weighted by Crippen LogP contribution is -2.09. The van der Waals surface area contributed by atoms with Crippen LogP contribution in [0.4, 0.5) is 18.9 Å². The number of nitrogens with one attached hydrogen (secondary N) is 1. The highest BCUT2D eigenvalue weighted by Gasteiger charge is 2.27. The second-order valence-electron chi connectivity index (χ2n) is 4.44. The molecule has 108 valence electrons. The summed E-state index contributed by atoms with van der Waals surface area (Å²) in [6.45, 7) is 2.26. The lowest BCUT2D eigenvalue weighted by atomic mass is 10.2. The first-order chi connectivity index (χ1) is 9.42. The van der Waals surface area contributed by atoms with Crippen LogP contribution in [0.5, 0.6) is 0 Å². The van der Waals surface area contributed by atoms with Crippen LogP contribution in [-0.2, 0) is 13.0 Å². The Morgan fingerprint density at radius 3 is 2.55 bits per heavy atom. The van der Waals surface area contributed by atoms with E-state index in [0.29, 0.717) is 0 Å². The molecule has 0 amide bonds. The fourth-order valence-electron chi connectivity index (χ4n) is 1.57. The van der Waals surface area contributed by atoms with Crippen molar-refractivity contribution >= 4 is 5.69 Å². The minimum absolute atomic E-state index is 0.0723. The normalized spacial score (nSPS) is 11.6. The lowest BCUT2D eigenvalue weighted by molar-refractivity contribution is -0.134. The van der Waals surface area contributed by atoms with E-state index in [2.05, 4.69) is 15.5 Å². The summed E-state index contributed by atoms with van der Waals surface area (Å²) in [7, 11) is 0. The molecule has 0 aliphatic heterocycles. The standard InChI is InChI=1S/C13H14F3N3O/c1-9-2-4-10(5-3-9)17-8-12-18-11(19-20-12)6-7-13(14,15)16/h2-5,17H,6-8H2,1H3. The van der Waals surface area contributed by atoms with Gasteiger partial charge in [0.1, 0.15) is 0 Å². The van der Waals surface area contributed by atoms with Gasteiger partial charge in [-0.15, -0.1) is 0 Å². The van der Waals surface area contributed by atoms with E-state index in [4.69, 9.17) is 4.52 Å². The summed E-state index contributed by atoms with van der Waals surface area (Å²) < 4.78 is 41.0. The van der Waals surface area contributed by atoms with Crippen LogP contribution >= 0.6 is 0 Å². The number of aromatic nitrogens is 2. The number of nitrogens with zero attached hydrogens (tertiary/aromatic N) is 2. The molecule has 0 radical (unpaired) electrons. The Balaban J connectivity index is 1.85. The number of anilines is 1. The molecular formula is C13H14F3N3O. The van der Waals surface area contributed by atoms with Crippen molar-refractivity contribution in [2.45, 2.75) is 32.5 Å². The molecule has 0 bridgehead atoms. The van der Waals surface area contributed by atoms with Crippen molar-refractivity contribution in [3.8, 4) is 0 Å². The molecule has 0 atom stereocenters. The van der Waals surface area contributed by atoms with Gasteiger partial charge in [0.2, 0.25) is 5.89 Å². The zero-order valence-corrected chi connectivity index (χ0v) is 10.9. The van der Waals surface area contributed by atoms with Crippen LogP contribution in [0.25, 0.3) is 0 Å². The van der Waals surface area contributed by atoms with Crippen molar-refractivity contribution in [1.82, 2.24) is 10.1 Å². The molecule has 0 unspecified atom stereocenters. The van der Waals surface area contributed by atoms with Crippen molar-refractivity contribution in [1.29, 1.82) is 0 Å². The van der Waals surface area contributed by atoms with Gasteiger partial charge in [-0.05, 0) is 19.1 Å². The predicted octanol–water partition coefficient (Wildman–Crippen LogP) is 3.49. The first-order valence-electron chi connectivity index (χ1n) is 6.11. The van der Waals surface area contributed by atoms with Crippen molar-refractivity contribution in [2.24, 2.45) is 0 Å². The molecule has 2 rings (SSSR count). The Labute approximate surface area is 114 Å². The number of alkyl halides is 3. The quantitative estimate of drug-likeness (QED) is 0.913. The predicted molar refractivity (Wildman–Crippen MR) is 67.2 cm³/mol. The van der Waals surface area contributed by atoms with E-state index in [0.717, 1.165) is 11.3 Å². The fraction of sp³-hybridized carbons (Fsp3) is 0.385. The maximum Gasteiger partial charge on any atom is 0.389 e. The third kappa shape index (κ3) is 4.56. The maximum absolute atomic E-state index is 12.1. The number of rotatable bonds is 5. The number of benzene rings is 1. The van der Waals surface area contributed by atoms with E-state index in [1.54, 1.807) is 0 Å². The van der Waals surface area contributed by atoms with Crippen molar-refractivity contribution < 1.29 is 17.7 Å². The Kier molecular flexibility index (Phi) is 4.26. The largest absolute Gasteiger partial charge is 0.389 e. The Hall–Kier alpha value is -2.05. The topological polar surface area (TPSA) is 51.0 Å². The fourth-order valence-corrected chi connectivity index (χ4v) is 1.57. The minimum Gasteiger partial charge on any atom is -0.376 e. The molecule has 1 aromatic heterocycles. The number of halogens is 3. The first-order valence-corrected chi connectivity index (χ1v) is 6.11. The molecule has 2 aromatic rings. The Morgan fingerprint density at radius 2 is 1.90 bits per heavy atom. The van der Waals surface area contributed by atoms with Gasteiger partial charge in [0.25, 0.3) is 0 Å². The van der Waals surface area contributed by atoms with E-state index in [1.165, 1.54) is 0 Å². The summed E-state index contributed by atoms with van der Waals surface area (Å²) in [5, 5.41) is 6.57. The summed E-state index contributed by atoms with van der Waals surface area (Å²) in [6, 6.07) is 7.70. The molecule has 0 saturated carbocycles. The van der Waals surface area contributed by atoms with E-state index in [9.17, 15) is 13.2 Å². The van der Waals surface area contributed by atoms with Crippen LogP contribution in [0.3, 0.4) is 0 Å². The number of hydrogen-bond donors (Lipinski definition) is 1. The van der Waals surface area contributed by atoms with E-state index < -0.39 is 12.6 Å². The third-order valence-electron chi connectivity index (χ3n) is 2.64. The van der Waals surface area contributed by atoms with Gasteiger partial charge >= 0.3 is 6.18 Å². The van der Waals surface area contributed by atoms with Crippen LogP contribution < -0.4 is 5.32 Å². The molecule has 0 fully saturated rings. The summed E-state index contributed by atoms with van der Waals surface area (Å²) in [6.07, 6.45) is -5.42. The van der Waals surface area contributed by atoms with E-state index in [1.807, 2.05) is 31.2 Å². The van der Waals surface area contributed by atoms with Crippen LogP contribution in [0.15, 0.2) is 28.8 Å². The van der Waals surface area contributed by atoms with Gasteiger partial charge in [-0.2, -0.15) is 18.2 Å². The Bertz CT molecular complexity index is 549. The average molecular weight is 285 g/mol. The molecule has 4 nitrogen and oxygen atoms in total. The summed E-state index contributed by atoms with van der Waals surface area (Å²) in [5.74, 6) is 0.339. The van der Waals surface area contributed by atoms with Gasteiger partial charge in [0.15, 0.2) is 5.82 Å². The maximum atomic E-state index is 12.1. The van der Waals surface area contributed by atoms with E-state index in [-0.39, 0.29) is 24.7 Å². The van der Waals surface area contributed by atoms with Gasteiger partial charge in [-0.25, -0.2) is 0 Å². The van der Waals surface area contributed by atoms with Crippen molar-refractivity contribution in [3.05, 3.63) is 41.5 Å². The van der Waals surface area contributed by atoms with Gasteiger partial charge < -0.3 is 9.84 Å². The van der Waals surface area contributed by atoms with Gasteiger partial charge in [0, 0.05) is 12.1 Å². The molecular weight excluding hydrogens is 271 g/mol. The van der Waals surface area contributed by atoms with Crippen LogP contribution in [-0.4, -0.2) is 16.3 Å². The third-order valence-corrected chi connectivity index (χ3v) is 2.64. The number of hydrogen-bond acceptors (Lipinski definition) is 4. The highest BCUT2D eigenvalue weighted by atomic mass is 19.4. The molecule has 0 aliphatic rings. The molecule has 1 N–H and O–H groups in total. The van der Waals surface area contributed by atoms with Crippen LogP contribution in [0.1, 0.15) is 23.7 Å². The highest BCUT2D eigenvalue weighted by molar-refractivity contribution is 5.44.